The van der Waals surface area contributed by atoms with Crippen LogP contribution in [-0.2, 0) is 12.0 Å². The molecule has 1 heterocycles. The van der Waals surface area contributed by atoms with Gasteiger partial charge >= 0.3 is 0 Å². The molecule has 4 rings (SSSR count). The van der Waals surface area contributed by atoms with Gasteiger partial charge in [0.25, 0.3) is 5.91 Å². The largest absolute Gasteiger partial charge is 0.345 e. The van der Waals surface area contributed by atoms with E-state index in [1.807, 2.05) is 61.5 Å². The number of amides is 1. The summed E-state index contributed by atoms with van der Waals surface area (Å²) in [4.78, 5) is 17.4. The van der Waals surface area contributed by atoms with E-state index in [0.29, 0.717) is 23.7 Å². The van der Waals surface area contributed by atoms with Crippen LogP contribution >= 0.6 is 0 Å². The molecular formula is C23H26N4O2. The van der Waals surface area contributed by atoms with E-state index in [2.05, 4.69) is 15.5 Å². The number of nitrogens with zero attached hydrogens (tertiary/aromatic N) is 2. The van der Waals surface area contributed by atoms with E-state index in [1.165, 1.54) is 0 Å². The van der Waals surface area contributed by atoms with Crippen LogP contribution in [0.5, 0.6) is 0 Å². The quantitative estimate of drug-likeness (QED) is 0.667. The molecule has 1 amide bonds. The van der Waals surface area contributed by atoms with Crippen LogP contribution in [0.25, 0.3) is 0 Å². The first kappa shape index (κ1) is 19.3. The van der Waals surface area contributed by atoms with E-state index in [9.17, 15) is 4.79 Å². The number of aryl methyl sites for hydroxylation is 1. The van der Waals surface area contributed by atoms with Gasteiger partial charge in [-0.05, 0) is 37.5 Å². The Balaban J connectivity index is 1.54. The highest BCUT2D eigenvalue weighted by atomic mass is 16.5. The number of benzene rings is 2. The van der Waals surface area contributed by atoms with Crippen molar-refractivity contribution in [2.45, 2.75) is 50.6 Å². The number of carbonyl (C=O) groups is 1. The summed E-state index contributed by atoms with van der Waals surface area (Å²) in [5, 5.41) is 7.25. The molecule has 3 aromatic rings. The summed E-state index contributed by atoms with van der Waals surface area (Å²) in [5.41, 5.74) is 8.67. The highest BCUT2D eigenvalue weighted by Gasteiger charge is 2.36. The zero-order valence-electron chi connectivity index (χ0n) is 16.6. The van der Waals surface area contributed by atoms with Gasteiger partial charge in [-0.25, -0.2) is 0 Å². The molecule has 1 aliphatic carbocycles. The normalized spacial score (nSPS) is 16.5. The average molecular weight is 390 g/mol. The van der Waals surface area contributed by atoms with Crippen LogP contribution < -0.4 is 11.1 Å². The fourth-order valence-electron chi connectivity index (χ4n) is 3.83. The zero-order valence-corrected chi connectivity index (χ0v) is 16.6. The molecule has 1 saturated carbocycles. The third-order valence-electron chi connectivity index (χ3n) is 5.61. The Labute approximate surface area is 170 Å². The standard InChI is InChI=1S/C23H26N4O2/c1-16-9-11-18(12-10-16)21(28)25-19(17-7-3-2-4-8-17)15-20-26-22(27-29-20)23(24)13-5-6-14-23/h2-4,7-12,19H,5-6,13-15,24H2,1H3,(H,25,28). The lowest BCUT2D eigenvalue weighted by molar-refractivity contribution is 0.0935. The Bertz CT molecular complexity index is 960. The maximum atomic E-state index is 12.8. The van der Waals surface area contributed by atoms with Gasteiger partial charge in [-0.2, -0.15) is 4.98 Å². The van der Waals surface area contributed by atoms with Gasteiger partial charge in [-0.15, -0.1) is 0 Å². The van der Waals surface area contributed by atoms with Gasteiger partial charge in [0.2, 0.25) is 5.89 Å². The van der Waals surface area contributed by atoms with Crippen molar-refractivity contribution in [1.29, 1.82) is 0 Å². The van der Waals surface area contributed by atoms with Crippen LogP contribution in [0.4, 0.5) is 0 Å². The minimum atomic E-state index is -0.491. The summed E-state index contributed by atoms with van der Waals surface area (Å²) in [5.74, 6) is 0.918. The van der Waals surface area contributed by atoms with Gasteiger partial charge in [0, 0.05) is 5.56 Å². The smallest absolute Gasteiger partial charge is 0.251 e. The first-order chi connectivity index (χ1) is 14.0. The Kier molecular flexibility index (Phi) is 5.45. The lowest BCUT2D eigenvalue weighted by atomic mass is 9.98. The molecule has 1 atom stereocenters. The van der Waals surface area contributed by atoms with Crippen molar-refractivity contribution in [3.63, 3.8) is 0 Å². The molecule has 1 unspecified atom stereocenters. The second-order valence-electron chi connectivity index (χ2n) is 7.88. The van der Waals surface area contributed by atoms with Gasteiger partial charge in [0.05, 0.1) is 18.0 Å². The number of hydrogen-bond donors (Lipinski definition) is 2. The Morgan fingerprint density at radius 3 is 2.52 bits per heavy atom. The first-order valence-electron chi connectivity index (χ1n) is 10.1. The lowest BCUT2D eigenvalue weighted by Gasteiger charge is -2.19. The summed E-state index contributed by atoms with van der Waals surface area (Å²) in [6.45, 7) is 2.00. The molecule has 6 heteroatoms. The van der Waals surface area contributed by atoms with E-state index >= 15 is 0 Å². The van der Waals surface area contributed by atoms with Gasteiger partial charge in [-0.3, -0.25) is 4.79 Å². The average Bonchev–Trinajstić information content (AvgIpc) is 3.39. The predicted molar refractivity (Wildman–Crippen MR) is 110 cm³/mol. The third-order valence-corrected chi connectivity index (χ3v) is 5.61. The fraction of sp³-hybridized carbons (Fsp3) is 0.348. The SMILES string of the molecule is Cc1ccc(C(=O)NC(Cc2nc(C3(N)CCCC3)no2)c2ccccc2)cc1. The summed E-state index contributed by atoms with van der Waals surface area (Å²) >= 11 is 0. The van der Waals surface area contributed by atoms with Crippen LogP contribution in [-0.4, -0.2) is 16.0 Å². The second-order valence-corrected chi connectivity index (χ2v) is 7.88. The van der Waals surface area contributed by atoms with Crippen molar-refractivity contribution in [3.8, 4) is 0 Å². The van der Waals surface area contributed by atoms with Gasteiger partial charge < -0.3 is 15.6 Å². The molecule has 0 radical (unpaired) electrons. The van der Waals surface area contributed by atoms with Crippen molar-refractivity contribution < 1.29 is 9.32 Å². The topological polar surface area (TPSA) is 94.0 Å². The van der Waals surface area contributed by atoms with E-state index in [-0.39, 0.29) is 11.9 Å². The highest BCUT2D eigenvalue weighted by molar-refractivity contribution is 5.94. The second kappa shape index (κ2) is 8.17. The number of hydrogen-bond acceptors (Lipinski definition) is 5. The molecule has 6 nitrogen and oxygen atoms in total. The summed E-state index contributed by atoms with van der Waals surface area (Å²) in [6.07, 6.45) is 4.32. The molecular weight excluding hydrogens is 364 g/mol. The van der Waals surface area contributed by atoms with Crippen molar-refractivity contribution in [2.75, 3.05) is 0 Å². The van der Waals surface area contributed by atoms with Gasteiger partial charge in [0.15, 0.2) is 5.82 Å². The van der Waals surface area contributed by atoms with Crippen LogP contribution in [0.2, 0.25) is 0 Å². The van der Waals surface area contributed by atoms with E-state index < -0.39 is 5.54 Å². The number of rotatable bonds is 6. The highest BCUT2D eigenvalue weighted by Crippen LogP contribution is 2.34. The maximum Gasteiger partial charge on any atom is 0.251 e. The Morgan fingerprint density at radius 1 is 1.14 bits per heavy atom. The summed E-state index contributed by atoms with van der Waals surface area (Å²) in [6, 6.07) is 17.1. The van der Waals surface area contributed by atoms with E-state index in [1.54, 1.807) is 0 Å². The minimum Gasteiger partial charge on any atom is -0.345 e. The molecule has 0 spiro atoms. The molecule has 3 N–H and O–H groups in total. The van der Waals surface area contributed by atoms with E-state index in [0.717, 1.165) is 36.8 Å². The van der Waals surface area contributed by atoms with Crippen LogP contribution in [0.15, 0.2) is 59.1 Å². The van der Waals surface area contributed by atoms with Crippen molar-refractivity contribution in [3.05, 3.63) is 83.0 Å². The number of aromatic nitrogens is 2. The number of carbonyl (C=O) groups excluding carboxylic acids is 1. The predicted octanol–water partition coefficient (Wildman–Crippen LogP) is 3.82. The molecule has 1 aliphatic rings. The van der Waals surface area contributed by atoms with Crippen molar-refractivity contribution in [2.24, 2.45) is 5.73 Å². The lowest BCUT2D eigenvalue weighted by Crippen LogP contribution is -2.34. The fourth-order valence-corrected chi connectivity index (χ4v) is 3.83. The number of nitrogens with one attached hydrogen (secondary N) is 1. The summed E-state index contributed by atoms with van der Waals surface area (Å²) in [7, 11) is 0. The van der Waals surface area contributed by atoms with E-state index in [4.69, 9.17) is 10.3 Å². The Morgan fingerprint density at radius 2 is 1.83 bits per heavy atom. The minimum absolute atomic E-state index is 0.135. The molecule has 0 bridgehead atoms. The Hall–Kier alpha value is -2.99. The molecule has 1 aromatic heterocycles. The van der Waals surface area contributed by atoms with Crippen LogP contribution in [0.3, 0.4) is 0 Å². The maximum absolute atomic E-state index is 12.8. The van der Waals surface area contributed by atoms with Crippen molar-refractivity contribution in [1.82, 2.24) is 15.5 Å². The van der Waals surface area contributed by atoms with Gasteiger partial charge in [-0.1, -0.05) is 66.0 Å². The zero-order chi connectivity index (χ0) is 20.3. The molecule has 29 heavy (non-hydrogen) atoms. The van der Waals surface area contributed by atoms with Crippen LogP contribution in [0, 0.1) is 6.92 Å². The molecule has 2 aromatic carbocycles. The van der Waals surface area contributed by atoms with Gasteiger partial charge in [0.1, 0.15) is 0 Å². The molecule has 150 valence electrons. The third kappa shape index (κ3) is 4.38. The molecule has 0 aliphatic heterocycles. The number of nitrogens with two attached hydrogens (primary N) is 1. The van der Waals surface area contributed by atoms with Crippen molar-refractivity contribution >= 4 is 5.91 Å². The first-order valence-corrected chi connectivity index (χ1v) is 10.1. The monoisotopic (exact) mass is 390 g/mol. The molecule has 0 saturated heterocycles. The van der Waals surface area contributed by atoms with Crippen LogP contribution in [0.1, 0.15) is 64.9 Å². The molecule has 1 fully saturated rings. The summed E-state index contributed by atoms with van der Waals surface area (Å²) < 4.78 is 5.50.